The summed E-state index contributed by atoms with van der Waals surface area (Å²) in [5.74, 6) is 1.02. The topological polar surface area (TPSA) is 98.7 Å². The largest absolute Gasteiger partial charge is 0.396 e. The molecule has 0 saturated carbocycles. The molecule has 140 valence electrons. The van der Waals surface area contributed by atoms with Crippen LogP contribution in [0.2, 0.25) is 0 Å². The predicted molar refractivity (Wildman–Crippen MR) is 96.3 cm³/mol. The molecule has 2 saturated heterocycles. The number of halogens is 1. The number of aliphatic hydroxyl groups is 1. The average Bonchev–Trinajstić information content (AvgIpc) is 3.16. The van der Waals surface area contributed by atoms with E-state index in [1.54, 1.807) is 12.1 Å². The van der Waals surface area contributed by atoms with Crippen LogP contribution in [0.1, 0.15) is 16.8 Å². The van der Waals surface area contributed by atoms with E-state index >= 15 is 0 Å². The van der Waals surface area contributed by atoms with Gasteiger partial charge in [0.2, 0.25) is 10.0 Å². The van der Waals surface area contributed by atoms with Crippen LogP contribution in [0.5, 0.6) is 0 Å². The summed E-state index contributed by atoms with van der Waals surface area (Å²) in [5, 5.41) is 12.1. The Hall–Kier alpha value is -1.19. The molecule has 2 heterocycles. The molecule has 7 nitrogen and oxygen atoms in total. The fourth-order valence-electron chi connectivity index (χ4n) is 3.35. The first-order valence-electron chi connectivity index (χ1n) is 8.22. The van der Waals surface area contributed by atoms with Crippen molar-refractivity contribution in [2.75, 3.05) is 39.3 Å². The summed E-state index contributed by atoms with van der Waals surface area (Å²) in [6, 6.07) is 6.03. The molecule has 0 aliphatic carbocycles. The minimum absolute atomic E-state index is 0. The summed E-state index contributed by atoms with van der Waals surface area (Å²) in [6.45, 7) is 3.57. The molecule has 0 radical (unpaired) electrons. The van der Waals surface area contributed by atoms with E-state index in [0.717, 1.165) is 26.2 Å². The van der Waals surface area contributed by atoms with Gasteiger partial charge < -0.3 is 15.3 Å². The lowest BCUT2D eigenvalue weighted by Crippen LogP contribution is -2.32. The predicted octanol–water partition coefficient (Wildman–Crippen LogP) is 0.0605. The normalized spacial score (nSPS) is 22.5. The maximum Gasteiger partial charge on any atom is 0.253 e. The van der Waals surface area contributed by atoms with E-state index in [-0.39, 0.29) is 36.4 Å². The molecule has 1 aromatic carbocycles. The Morgan fingerprint density at radius 2 is 1.80 bits per heavy atom. The molecule has 3 N–H and O–H groups in total. The highest BCUT2D eigenvalue weighted by Crippen LogP contribution is 2.27. The monoisotopic (exact) mass is 389 g/mol. The lowest BCUT2D eigenvalue weighted by Gasteiger charge is -2.17. The minimum atomic E-state index is -3.60. The lowest BCUT2D eigenvalue weighted by atomic mass is 10.0. The summed E-state index contributed by atoms with van der Waals surface area (Å²) in [5.41, 5.74) is 0.511. The van der Waals surface area contributed by atoms with Crippen LogP contribution in [0.15, 0.2) is 29.2 Å². The zero-order valence-electron chi connectivity index (χ0n) is 13.8. The van der Waals surface area contributed by atoms with Crippen LogP contribution in [-0.2, 0) is 10.0 Å². The summed E-state index contributed by atoms with van der Waals surface area (Å²) in [6.07, 6.45) is 0.363. The fraction of sp³-hybridized carbons (Fsp3) is 0.562. The Morgan fingerprint density at radius 1 is 1.20 bits per heavy atom. The van der Waals surface area contributed by atoms with Gasteiger partial charge in [0, 0.05) is 44.9 Å². The number of fused-ring (bicyclic) bond motifs is 1. The van der Waals surface area contributed by atoms with E-state index in [4.69, 9.17) is 5.11 Å². The third-order valence-corrected chi connectivity index (χ3v) is 6.19. The zero-order valence-corrected chi connectivity index (χ0v) is 15.5. The molecular formula is C16H24ClN3O4S. The third-order valence-electron chi connectivity index (χ3n) is 4.72. The number of hydrogen-bond acceptors (Lipinski definition) is 5. The third kappa shape index (κ3) is 4.51. The van der Waals surface area contributed by atoms with Crippen LogP contribution >= 0.6 is 12.4 Å². The van der Waals surface area contributed by atoms with Crippen molar-refractivity contribution in [1.82, 2.24) is 14.9 Å². The lowest BCUT2D eigenvalue weighted by molar-refractivity contribution is 0.0781. The highest BCUT2D eigenvalue weighted by Gasteiger charge is 2.38. The summed E-state index contributed by atoms with van der Waals surface area (Å²) < 4.78 is 26.6. The summed E-state index contributed by atoms with van der Waals surface area (Å²) >= 11 is 0. The Morgan fingerprint density at radius 3 is 2.36 bits per heavy atom. The van der Waals surface area contributed by atoms with Crippen LogP contribution in [0, 0.1) is 11.8 Å². The second-order valence-corrected chi connectivity index (χ2v) is 8.15. The van der Waals surface area contributed by atoms with Gasteiger partial charge in [0.1, 0.15) is 0 Å². The minimum Gasteiger partial charge on any atom is -0.396 e. The number of amides is 1. The van der Waals surface area contributed by atoms with Crippen LogP contribution in [-0.4, -0.2) is 63.7 Å². The number of likely N-dealkylation sites (tertiary alicyclic amines) is 1. The van der Waals surface area contributed by atoms with E-state index in [1.807, 2.05) is 4.90 Å². The van der Waals surface area contributed by atoms with Crippen molar-refractivity contribution in [3.8, 4) is 0 Å². The quantitative estimate of drug-likeness (QED) is 0.597. The highest BCUT2D eigenvalue weighted by atomic mass is 35.5. The second-order valence-electron chi connectivity index (χ2n) is 6.39. The number of benzene rings is 1. The van der Waals surface area contributed by atoms with E-state index in [1.165, 1.54) is 12.1 Å². The van der Waals surface area contributed by atoms with Crippen molar-refractivity contribution in [3.63, 3.8) is 0 Å². The van der Waals surface area contributed by atoms with Gasteiger partial charge in [0.15, 0.2) is 0 Å². The number of nitrogens with one attached hydrogen (secondary N) is 2. The van der Waals surface area contributed by atoms with Gasteiger partial charge in [-0.15, -0.1) is 12.4 Å². The van der Waals surface area contributed by atoms with Crippen LogP contribution in [0.25, 0.3) is 0 Å². The van der Waals surface area contributed by atoms with Gasteiger partial charge in [-0.25, -0.2) is 13.1 Å². The summed E-state index contributed by atoms with van der Waals surface area (Å²) in [4.78, 5) is 14.5. The molecule has 2 atom stereocenters. The maximum atomic E-state index is 12.6. The number of rotatable bonds is 6. The van der Waals surface area contributed by atoms with Gasteiger partial charge in [0.25, 0.3) is 5.91 Å². The van der Waals surface area contributed by atoms with Gasteiger partial charge in [-0.2, -0.15) is 0 Å². The zero-order chi connectivity index (χ0) is 17.2. The molecule has 0 bridgehead atoms. The molecule has 25 heavy (non-hydrogen) atoms. The van der Waals surface area contributed by atoms with E-state index in [9.17, 15) is 13.2 Å². The first kappa shape index (κ1) is 20.1. The number of carbonyl (C=O) groups is 1. The molecule has 0 aromatic heterocycles. The molecule has 9 heteroatoms. The number of hydrogen-bond donors (Lipinski definition) is 3. The number of nitrogens with zero attached hydrogens (tertiary/aromatic N) is 1. The SMILES string of the molecule is Cl.O=C(c1ccc(S(=O)(=O)NCCCO)cc1)N1C[C@H]2CNC[C@H]2C1. The number of carbonyl (C=O) groups excluding carboxylic acids is 1. The highest BCUT2D eigenvalue weighted by molar-refractivity contribution is 7.89. The molecular weight excluding hydrogens is 366 g/mol. The molecule has 0 spiro atoms. The molecule has 2 aliphatic heterocycles. The van der Waals surface area contributed by atoms with Gasteiger partial charge in [-0.05, 0) is 42.5 Å². The first-order chi connectivity index (χ1) is 11.5. The smallest absolute Gasteiger partial charge is 0.253 e. The van der Waals surface area contributed by atoms with Gasteiger partial charge in [0.05, 0.1) is 4.90 Å². The maximum absolute atomic E-state index is 12.6. The number of sulfonamides is 1. The molecule has 0 unspecified atom stereocenters. The first-order valence-corrected chi connectivity index (χ1v) is 9.70. The van der Waals surface area contributed by atoms with Crippen molar-refractivity contribution in [1.29, 1.82) is 0 Å². The molecule has 2 fully saturated rings. The Balaban J connectivity index is 0.00000225. The average molecular weight is 390 g/mol. The molecule has 1 aromatic rings. The Bertz CT molecular complexity index is 684. The van der Waals surface area contributed by atoms with E-state index in [0.29, 0.717) is 23.8 Å². The van der Waals surface area contributed by atoms with Crippen molar-refractivity contribution >= 4 is 28.3 Å². The van der Waals surface area contributed by atoms with Gasteiger partial charge in [-0.3, -0.25) is 4.79 Å². The van der Waals surface area contributed by atoms with Gasteiger partial charge in [-0.1, -0.05) is 0 Å². The van der Waals surface area contributed by atoms with Crippen LogP contribution < -0.4 is 10.0 Å². The standard InChI is InChI=1S/C16H23N3O4S.ClH/c20-7-1-6-18-24(22,23)15-4-2-12(3-5-15)16(21)19-10-13-8-17-9-14(13)11-19;/h2-5,13-14,17-18,20H,1,6-11H2;1H/t13-,14+;. The van der Waals surface area contributed by atoms with Crippen molar-refractivity contribution < 1.29 is 18.3 Å². The van der Waals surface area contributed by atoms with Crippen molar-refractivity contribution in [3.05, 3.63) is 29.8 Å². The Labute approximate surface area is 154 Å². The molecule has 2 aliphatic rings. The van der Waals surface area contributed by atoms with Crippen LogP contribution in [0.3, 0.4) is 0 Å². The van der Waals surface area contributed by atoms with E-state index in [2.05, 4.69) is 10.0 Å². The van der Waals surface area contributed by atoms with E-state index < -0.39 is 10.0 Å². The fourth-order valence-corrected chi connectivity index (χ4v) is 4.42. The number of aliphatic hydroxyl groups excluding tert-OH is 1. The second kappa shape index (κ2) is 8.46. The molecule has 3 rings (SSSR count). The van der Waals surface area contributed by atoms with Crippen LogP contribution in [0.4, 0.5) is 0 Å². The van der Waals surface area contributed by atoms with Crippen molar-refractivity contribution in [2.24, 2.45) is 11.8 Å². The molecule has 1 amide bonds. The van der Waals surface area contributed by atoms with Crippen molar-refractivity contribution in [2.45, 2.75) is 11.3 Å². The van der Waals surface area contributed by atoms with Gasteiger partial charge >= 0.3 is 0 Å². The Kier molecular flexibility index (Phi) is 6.81. The summed E-state index contributed by atoms with van der Waals surface area (Å²) in [7, 11) is -3.60.